The van der Waals surface area contributed by atoms with Crippen molar-refractivity contribution in [3.05, 3.63) is 21.1 Å². The molecule has 19 heavy (non-hydrogen) atoms. The Morgan fingerprint density at radius 1 is 1.37 bits per heavy atom. The van der Waals surface area contributed by atoms with Crippen LogP contribution >= 0.6 is 31.9 Å². The van der Waals surface area contributed by atoms with E-state index >= 15 is 0 Å². The van der Waals surface area contributed by atoms with Gasteiger partial charge in [0.05, 0.1) is 23.2 Å². The molecular formula is C10H10Br2NO5S. The van der Waals surface area contributed by atoms with Crippen molar-refractivity contribution in [2.24, 2.45) is 0 Å². The average Bonchev–Trinajstić information content (AvgIpc) is 2.91. The first-order valence-corrected chi connectivity index (χ1v) is 8.29. The van der Waals surface area contributed by atoms with Gasteiger partial charge in [-0.1, -0.05) is 5.21 Å². The molecule has 1 aromatic carbocycles. The number of benzene rings is 1. The van der Waals surface area contributed by atoms with E-state index in [1.165, 1.54) is 12.1 Å². The minimum atomic E-state index is -4.32. The molecule has 1 fully saturated rings. The second-order valence-electron chi connectivity index (χ2n) is 4.15. The molecule has 2 atom stereocenters. The van der Waals surface area contributed by atoms with Crippen LogP contribution in [0.2, 0.25) is 0 Å². The van der Waals surface area contributed by atoms with Crippen molar-refractivity contribution < 1.29 is 22.9 Å². The highest BCUT2D eigenvalue weighted by Crippen LogP contribution is 2.37. The summed E-state index contributed by atoms with van der Waals surface area (Å²) in [6, 6.07) is 2.36. The molecule has 1 aliphatic rings. The van der Waals surface area contributed by atoms with Crippen LogP contribution in [0.3, 0.4) is 0 Å². The predicted molar refractivity (Wildman–Crippen MR) is 74.0 cm³/mol. The molecule has 0 spiro atoms. The third-order valence-electron chi connectivity index (χ3n) is 2.72. The van der Waals surface area contributed by atoms with E-state index in [-0.39, 0.29) is 38.3 Å². The average molecular weight is 416 g/mol. The lowest BCUT2D eigenvalue weighted by Crippen LogP contribution is -2.23. The van der Waals surface area contributed by atoms with Crippen molar-refractivity contribution >= 4 is 47.7 Å². The quantitative estimate of drug-likeness (QED) is 0.463. The molecule has 1 N–H and O–H groups in total. The van der Waals surface area contributed by atoms with Gasteiger partial charge in [0.15, 0.2) is 0 Å². The van der Waals surface area contributed by atoms with Crippen LogP contribution in [0.5, 0.6) is 0 Å². The van der Waals surface area contributed by atoms with E-state index in [0.717, 1.165) is 5.06 Å². The van der Waals surface area contributed by atoms with Crippen LogP contribution < -0.4 is 5.06 Å². The van der Waals surface area contributed by atoms with Crippen molar-refractivity contribution in [1.82, 2.24) is 0 Å². The fourth-order valence-corrected chi connectivity index (χ4v) is 4.02. The topological polar surface area (TPSA) is 90.0 Å². The Kier molecular flexibility index (Phi) is 4.24. The molecule has 0 bridgehead atoms. The Hall–Kier alpha value is -0.190. The zero-order valence-electron chi connectivity index (χ0n) is 9.71. The number of nitrogens with zero attached hydrogens (tertiary/aromatic N) is 1. The molecule has 0 aliphatic carbocycles. The summed E-state index contributed by atoms with van der Waals surface area (Å²) >= 11 is 6.26. The molecule has 1 radical (unpaired) electrons. The Morgan fingerprint density at radius 3 is 2.21 bits per heavy atom. The number of hydroxylamine groups is 1. The summed E-state index contributed by atoms with van der Waals surface area (Å²) < 4.78 is 36.8. The first-order chi connectivity index (χ1) is 8.70. The van der Waals surface area contributed by atoms with Crippen molar-refractivity contribution in [3.8, 4) is 0 Å². The maximum atomic E-state index is 12.0. The van der Waals surface area contributed by atoms with E-state index in [4.69, 9.17) is 9.29 Å². The monoisotopic (exact) mass is 414 g/mol. The lowest BCUT2D eigenvalue weighted by molar-refractivity contribution is 0.150. The molecule has 105 valence electrons. The van der Waals surface area contributed by atoms with Gasteiger partial charge in [0.25, 0.3) is 10.1 Å². The molecule has 1 heterocycles. The first-order valence-electron chi connectivity index (χ1n) is 5.27. The highest BCUT2D eigenvalue weighted by Gasteiger charge is 2.36. The standard InChI is InChI=1S/C10H10Br2NO5S/c1-5-9(18-5)4-13(14)10-7(11)2-6(3-8(10)12)19(15,16)17/h2-3,5,9H,4H2,1H3,(H,15,16,17)/t5-,9-/m0/s1. The molecule has 1 saturated heterocycles. The number of halogens is 2. The predicted octanol–water partition coefficient (Wildman–Crippen LogP) is 2.40. The van der Waals surface area contributed by atoms with Gasteiger partial charge in [0, 0.05) is 8.95 Å². The SMILES string of the molecule is C[C@@H]1O[C@H]1CN([O])c1c(Br)cc(S(=O)(=O)O)cc1Br. The van der Waals surface area contributed by atoms with E-state index in [9.17, 15) is 13.6 Å². The molecule has 0 aromatic heterocycles. The fraction of sp³-hybridized carbons (Fsp3) is 0.400. The molecule has 1 aliphatic heterocycles. The van der Waals surface area contributed by atoms with Gasteiger partial charge in [-0.05, 0) is 50.9 Å². The third kappa shape index (κ3) is 3.47. The molecule has 9 heteroatoms. The minimum absolute atomic E-state index is 0.0612. The van der Waals surface area contributed by atoms with Gasteiger partial charge in [-0.25, -0.2) is 5.06 Å². The third-order valence-corrected chi connectivity index (χ3v) is 4.76. The summed E-state index contributed by atoms with van der Waals surface area (Å²) in [4.78, 5) is -0.292. The molecule has 6 nitrogen and oxygen atoms in total. The number of hydrogen-bond acceptors (Lipinski definition) is 4. The Labute approximate surface area is 127 Å². The summed E-state index contributed by atoms with van der Waals surface area (Å²) in [7, 11) is -4.32. The number of epoxide rings is 1. The highest BCUT2D eigenvalue weighted by molar-refractivity contribution is 9.11. The lowest BCUT2D eigenvalue weighted by Gasteiger charge is -2.17. The maximum absolute atomic E-state index is 12.0. The van der Waals surface area contributed by atoms with Crippen LogP contribution in [0.4, 0.5) is 5.69 Å². The highest BCUT2D eigenvalue weighted by atomic mass is 79.9. The first kappa shape index (κ1) is 15.2. The summed E-state index contributed by atoms with van der Waals surface area (Å²) in [5.74, 6) is 0. The van der Waals surface area contributed by atoms with Gasteiger partial charge in [-0.3, -0.25) is 4.55 Å². The second-order valence-corrected chi connectivity index (χ2v) is 7.28. The van der Waals surface area contributed by atoms with Crippen molar-refractivity contribution in [3.63, 3.8) is 0 Å². The van der Waals surface area contributed by atoms with Gasteiger partial charge in [0.2, 0.25) is 0 Å². The molecular weight excluding hydrogens is 406 g/mol. The van der Waals surface area contributed by atoms with Crippen molar-refractivity contribution in [2.75, 3.05) is 11.6 Å². The molecule has 0 unspecified atom stereocenters. The zero-order valence-corrected chi connectivity index (χ0v) is 13.7. The van der Waals surface area contributed by atoms with Gasteiger partial charge in [-0.2, -0.15) is 8.42 Å². The molecule has 0 amide bonds. The summed E-state index contributed by atoms with van der Waals surface area (Å²) in [6.45, 7) is 2.02. The van der Waals surface area contributed by atoms with Crippen LogP contribution in [0, 0.1) is 0 Å². The summed E-state index contributed by atoms with van der Waals surface area (Å²) in [6.07, 6.45) is -0.0522. The number of rotatable bonds is 4. The molecule has 1 aromatic rings. The number of anilines is 1. The van der Waals surface area contributed by atoms with Crippen LogP contribution in [-0.4, -0.2) is 31.7 Å². The van der Waals surface area contributed by atoms with E-state index in [1.54, 1.807) is 0 Å². The van der Waals surface area contributed by atoms with Gasteiger partial charge in [-0.15, -0.1) is 0 Å². The Morgan fingerprint density at radius 2 is 1.84 bits per heavy atom. The van der Waals surface area contributed by atoms with Crippen LogP contribution in [-0.2, 0) is 20.1 Å². The molecule has 2 rings (SSSR count). The number of ether oxygens (including phenoxy) is 1. The Balaban J connectivity index is 2.31. The van der Waals surface area contributed by atoms with E-state index in [2.05, 4.69) is 31.9 Å². The largest absolute Gasteiger partial charge is 0.368 e. The normalized spacial score (nSPS) is 22.4. The van der Waals surface area contributed by atoms with Gasteiger partial charge >= 0.3 is 0 Å². The van der Waals surface area contributed by atoms with E-state index < -0.39 is 10.1 Å². The second kappa shape index (κ2) is 5.30. The summed E-state index contributed by atoms with van der Waals surface area (Å²) in [5, 5.41) is 12.7. The fourth-order valence-electron chi connectivity index (χ4n) is 1.61. The van der Waals surface area contributed by atoms with E-state index in [1.807, 2.05) is 6.92 Å². The van der Waals surface area contributed by atoms with Crippen LogP contribution in [0.25, 0.3) is 0 Å². The number of hydrogen-bond donors (Lipinski definition) is 1. The van der Waals surface area contributed by atoms with Gasteiger partial charge < -0.3 is 4.74 Å². The van der Waals surface area contributed by atoms with Crippen molar-refractivity contribution in [2.45, 2.75) is 24.0 Å². The summed E-state index contributed by atoms with van der Waals surface area (Å²) in [5.41, 5.74) is 0.259. The van der Waals surface area contributed by atoms with E-state index in [0.29, 0.717) is 0 Å². The maximum Gasteiger partial charge on any atom is 0.294 e. The van der Waals surface area contributed by atoms with Crippen molar-refractivity contribution in [1.29, 1.82) is 0 Å². The van der Waals surface area contributed by atoms with Crippen LogP contribution in [0.15, 0.2) is 26.0 Å². The lowest BCUT2D eigenvalue weighted by atomic mass is 10.3. The zero-order chi connectivity index (χ0) is 14.4. The molecule has 0 saturated carbocycles. The minimum Gasteiger partial charge on any atom is -0.368 e. The Bertz CT molecular complexity index is 583. The van der Waals surface area contributed by atoms with Gasteiger partial charge in [0.1, 0.15) is 6.10 Å². The van der Waals surface area contributed by atoms with Crippen LogP contribution in [0.1, 0.15) is 6.92 Å². The smallest absolute Gasteiger partial charge is 0.294 e.